The number of aromatic nitrogens is 1. The fourth-order valence-electron chi connectivity index (χ4n) is 6.47. The minimum Gasteiger partial charge on any atom is -0.870 e. The Hall–Kier alpha value is -4.62. The zero-order valence-corrected chi connectivity index (χ0v) is 29.5. The Morgan fingerprint density at radius 2 is 1.69 bits per heavy atom. The summed E-state index contributed by atoms with van der Waals surface area (Å²) in [6.07, 6.45) is 3.39. The van der Waals surface area contributed by atoms with Gasteiger partial charge in [0.15, 0.2) is 35.5 Å². The lowest BCUT2D eigenvalue weighted by Crippen LogP contribution is -2.53. The van der Waals surface area contributed by atoms with Gasteiger partial charge in [-0.3, -0.25) is 9.80 Å². The summed E-state index contributed by atoms with van der Waals surface area (Å²) in [6, 6.07) is 15.7. The molecule has 4 heterocycles. The van der Waals surface area contributed by atoms with Crippen molar-refractivity contribution in [3.63, 3.8) is 0 Å². The van der Waals surface area contributed by atoms with Crippen LogP contribution >= 0.6 is 23.2 Å². The number of pyridine rings is 1. The van der Waals surface area contributed by atoms with E-state index in [9.17, 15) is 14.7 Å². The number of nitrogens with zero attached hydrogens (tertiary/aromatic N) is 2. The van der Waals surface area contributed by atoms with Crippen molar-refractivity contribution in [2.45, 2.75) is 38.0 Å². The number of aromatic hydroxyl groups is 1. The molecule has 14 heteroatoms. The zero-order chi connectivity index (χ0) is 35.4. The second-order valence-corrected chi connectivity index (χ2v) is 13.1. The summed E-state index contributed by atoms with van der Waals surface area (Å²) in [5.74, 6) is -0.926. The summed E-state index contributed by atoms with van der Waals surface area (Å²) in [7, 11) is 3.04. The molecule has 3 aliphatic rings. The van der Waals surface area contributed by atoms with Crippen molar-refractivity contribution in [2.24, 2.45) is 5.92 Å². The van der Waals surface area contributed by atoms with Crippen molar-refractivity contribution >= 4 is 41.0 Å². The molecule has 1 amide bonds. The van der Waals surface area contributed by atoms with E-state index in [1.54, 1.807) is 54.9 Å². The van der Waals surface area contributed by atoms with Crippen LogP contribution in [0.4, 0.5) is 14.9 Å². The number of hydrogen-bond acceptors (Lipinski definition) is 9. The Kier molecular flexibility index (Phi) is 12.2. The predicted molar refractivity (Wildman–Crippen MR) is 186 cm³/mol. The maximum atomic E-state index is 15.2. The summed E-state index contributed by atoms with van der Waals surface area (Å²) < 4.78 is 38.0. The first kappa shape index (κ1) is 37.6. The highest BCUT2D eigenvalue weighted by Gasteiger charge is 2.38. The molecule has 7 rings (SSSR count). The number of anilines is 1. The molecule has 4 aromatic rings. The summed E-state index contributed by atoms with van der Waals surface area (Å²) in [5, 5.41) is 10.8. The van der Waals surface area contributed by atoms with Crippen LogP contribution in [0.15, 0.2) is 73.1 Å². The van der Waals surface area contributed by atoms with Gasteiger partial charge in [-0.15, -0.1) is 0 Å². The van der Waals surface area contributed by atoms with Gasteiger partial charge in [0.1, 0.15) is 22.3 Å². The Bertz CT molecular complexity index is 1840. The summed E-state index contributed by atoms with van der Waals surface area (Å²) in [6.45, 7) is 2.50. The molecule has 0 spiro atoms. The Labute approximate surface area is 304 Å². The van der Waals surface area contributed by atoms with E-state index >= 15 is 4.39 Å². The topological polar surface area (TPSA) is 142 Å². The number of halogens is 3. The number of aromatic amines is 1. The van der Waals surface area contributed by atoms with Crippen molar-refractivity contribution in [3.8, 4) is 17.2 Å². The van der Waals surface area contributed by atoms with Crippen LogP contribution in [-0.2, 0) is 22.4 Å². The number of phenolic OH excluding ortho intramolecular Hbond substituents is 1. The summed E-state index contributed by atoms with van der Waals surface area (Å²) >= 11 is 12.9. The molecule has 3 saturated heterocycles. The summed E-state index contributed by atoms with van der Waals surface area (Å²) in [5.41, 5.74) is 1.92. The Balaban J connectivity index is 0.00000504. The summed E-state index contributed by atoms with van der Waals surface area (Å²) in [4.78, 5) is 33.5. The predicted octanol–water partition coefficient (Wildman–Crippen LogP) is 6.87. The molecule has 0 radical (unpaired) electrons. The Morgan fingerprint density at radius 1 is 1.00 bits per heavy atom. The number of ether oxygens (including phenoxy) is 4. The van der Waals surface area contributed by atoms with E-state index in [1.807, 2.05) is 0 Å². The third kappa shape index (κ3) is 8.48. The number of nitrogens with one attached hydrogen (secondary N) is 1. The molecule has 3 aliphatic heterocycles. The molecule has 3 aromatic carbocycles. The quantitative estimate of drug-likeness (QED) is 0.163. The van der Waals surface area contributed by atoms with Crippen molar-refractivity contribution in [2.75, 3.05) is 38.8 Å². The standard InChI is InChI=1S/C37H36Cl2FN3O7.H2O/c1-47-31-11-10-25(16-33(31)48-2)32(17-26-27(38)18-41-19-28(26)39)49-36(45)24-8-6-22(7-9-24)20-43(29-4-3-5-30(44)35(29)40)37(46)50-34-21-42-14-12-23(34)13-15-42;/h3-11,16,18-19,23,32,34,44H,12-15,17,20-21H2,1-2H3;1H2/t32-,34-;/m0./s1. The fourth-order valence-corrected chi connectivity index (χ4v) is 7.00. The molecule has 2 atom stereocenters. The highest BCUT2D eigenvalue weighted by Crippen LogP contribution is 2.36. The Morgan fingerprint density at radius 3 is 2.31 bits per heavy atom. The van der Waals surface area contributed by atoms with E-state index < -0.39 is 29.7 Å². The van der Waals surface area contributed by atoms with Gasteiger partial charge in [-0.2, -0.15) is 0 Å². The molecule has 11 nitrogen and oxygen atoms in total. The number of methoxy groups -OCH3 is 2. The third-order valence-corrected chi connectivity index (χ3v) is 9.94. The number of esters is 1. The maximum absolute atomic E-state index is 15.2. The molecular formula is C37H38Cl2FN3O8. The highest BCUT2D eigenvalue weighted by atomic mass is 35.5. The van der Waals surface area contributed by atoms with Gasteiger partial charge in [0.25, 0.3) is 0 Å². The number of amides is 1. The van der Waals surface area contributed by atoms with Crippen molar-refractivity contribution < 1.29 is 48.5 Å². The molecule has 3 fully saturated rings. The van der Waals surface area contributed by atoms with Crippen LogP contribution in [0.1, 0.15) is 46.0 Å². The van der Waals surface area contributed by atoms with E-state index in [0.29, 0.717) is 44.8 Å². The minimum atomic E-state index is -0.934. The molecule has 51 heavy (non-hydrogen) atoms. The van der Waals surface area contributed by atoms with Gasteiger partial charge in [0.05, 0.1) is 32.0 Å². The fraction of sp³-hybridized carbons (Fsp3) is 0.324. The second-order valence-electron chi connectivity index (χ2n) is 12.3. The first-order chi connectivity index (χ1) is 24.1. The number of carbonyl (C=O) groups excluding carboxylic acids is 2. The molecule has 0 aliphatic carbocycles. The van der Waals surface area contributed by atoms with E-state index in [1.165, 1.54) is 32.4 Å². The first-order valence-electron chi connectivity index (χ1n) is 16.2. The third-order valence-electron chi connectivity index (χ3n) is 9.26. The number of phenols is 1. The normalized spacial score (nSPS) is 18.3. The maximum Gasteiger partial charge on any atom is 0.415 e. The number of fused-ring (bicyclic) bond motifs is 3. The number of H-pyrrole nitrogens is 1. The van der Waals surface area contributed by atoms with E-state index in [0.717, 1.165) is 30.8 Å². The minimum absolute atomic E-state index is 0. The average molecular weight is 743 g/mol. The molecule has 0 saturated carbocycles. The second kappa shape index (κ2) is 16.6. The molecule has 3 N–H and O–H groups in total. The average Bonchev–Trinajstić information content (AvgIpc) is 3.13. The first-order valence-corrected chi connectivity index (χ1v) is 16.9. The van der Waals surface area contributed by atoms with Gasteiger partial charge in [-0.1, -0.05) is 47.5 Å². The number of piperidine rings is 3. The van der Waals surface area contributed by atoms with Crippen molar-refractivity contribution in [1.29, 1.82) is 0 Å². The van der Waals surface area contributed by atoms with Gasteiger partial charge in [0.2, 0.25) is 0 Å². The van der Waals surface area contributed by atoms with Gasteiger partial charge in [-0.05, 0) is 79.4 Å². The van der Waals surface area contributed by atoms with Crippen LogP contribution in [0.3, 0.4) is 0 Å². The number of carbonyl (C=O) groups is 2. The molecule has 270 valence electrons. The highest BCUT2D eigenvalue weighted by molar-refractivity contribution is 6.35. The molecule has 1 aromatic heterocycles. The lowest BCUT2D eigenvalue weighted by Gasteiger charge is -2.44. The lowest BCUT2D eigenvalue weighted by atomic mass is 9.86. The monoisotopic (exact) mass is 741 g/mol. The van der Waals surface area contributed by atoms with Crippen LogP contribution in [0.5, 0.6) is 17.2 Å². The number of benzene rings is 3. The van der Waals surface area contributed by atoms with E-state index in [4.69, 9.17) is 42.1 Å². The lowest BCUT2D eigenvalue weighted by molar-refractivity contribution is -0.377. The van der Waals surface area contributed by atoms with Crippen LogP contribution in [-0.4, -0.2) is 67.5 Å². The molecule has 2 bridgehead atoms. The van der Waals surface area contributed by atoms with Crippen LogP contribution in [0.25, 0.3) is 0 Å². The van der Waals surface area contributed by atoms with Gasteiger partial charge in [0, 0.05) is 18.5 Å². The number of hydrogen-bond donors (Lipinski definition) is 1. The van der Waals surface area contributed by atoms with Crippen LogP contribution in [0, 0.1) is 11.7 Å². The van der Waals surface area contributed by atoms with Gasteiger partial charge in [-0.25, -0.2) is 19.0 Å². The van der Waals surface area contributed by atoms with E-state index in [2.05, 4.69) is 9.88 Å². The zero-order valence-electron chi connectivity index (χ0n) is 28.0. The largest absolute Gasteiger partial charge is 0.870 e. The smallest absolute Gasteiger partial charge is 0.415 e. The van der Waals surface area contributed by atoms with Crippen LogP contribution < -0.4 is 19.4 Å². The molecular weight excluding hydrogens is 704 g/mol. The molecule has 0 unspecified atom stereocenters. The van der Waals surface area contributed by atoms with Gasteiger partial charge < -0.3 is 29.5 Å². The van der Waals surface area contributed by atoms with Crippen LogP contribution in [0.2, 0.25) is 10.0 Å². The van der Waals surface area contributed by atoms with Gasteiger partial charge >= 0.3 is 12.1 Å². The van der Waals surface area contributed by atoms with E-state index in [-0.39, 0.29) is 41.7 Å². The number of rotatable bonds is 11. The van der Waals surface area contributed by atoms with Crippen molar-refractivity contribution in [3.05, 3.63) is 111 Å². The van der Waals surface area contributed by atoms with Crippen molar-refractivity contribution in [1.82, 2.24) is 4.90 Å². The SMILES string of the molecule is COc1ccc([C@H](Cc2c(Cl)c[nH+]cc2Cl)OC(=O)c2ccc(CN(C(=O)O[C@H]3CN4CCC3CC4)c3cccc(O)c3F)cc2)cc1OC.[OH-].